The molecule has 21 heavy (non-hydrogen) atoms. The molecule has 1 rings (SSSR count). The molecule has 1 aromatic rings. The third-order valence-corrected chi connectivity index (χ3v) is 3.08. The van der Waals surface area contributed by atoms with E-state index in [1.807, 2.05) is 44.2 Å². The molecule has 0 spiro atoms. The van der Waals surface area contributed by atoms with Crippen molar-refractivity contribution in [2.24, 2.45) is 0 Å². The molecular formula is C15H22N2O4. The van der Waals surface area contributed by atoms with Crippen molar-refractivity contribution in [1.82, 2.24) is 9.80 Å². The second-order valence-corrected chi connectivity index (χ2v) is 4.45. The lowest BCUT2D eigenvalue weighted by atomic mass is 10.2. The minimum atomic E-state index is -0.707. The monoisotopic (exact) mass is 294 g/mol. The molecule has 1 aromatic carbocycles. The zero-order valence-corrected chi connectivity index (χ0v) is 12.5. The summed E-state index contributed by atoms with van der Waals surface area (Å²) in [5, 5.41) is 9.22. The van der Waals surface area contributed by atoms with Crippen molar-refractivity contribution in [2.75, 3.05) is 26.4 Å². The fraction of sp³-hybridized carbons (Fsp3) is 0.467. The third kappa shape index (κ3) is 5.43. The van der Waals surface area contributed by atoms with Crippen LogP contribution in [0.25, 0.3) is 0 Å². The molecule has 0 heterocycles. The van der Waals surface area contributed by atoms with Gasteiger partial charge in [0.2, 0.25) is 5.91 Å². The number of rotatable bonds is 7. The number of ether oxygens (including phenoxy) is 1. The minimum Gasteiger partial charge on any atom is -0.444 e. The molecular weight excluding hydrogens is 272 g/mol. The summed E-state index contributed by atoms with van der Waals surface area (Å²) in [5.74, 6) is -0.217. The lowest BCUT2D eigenvalue weighted by Gasteiger charge is -2.24. The van der Waals surface area contributed by atoms with Crippen molar-refractivity contribution in [1.29, 1.82) is 0 Å². The minimum absolute atomic E-state index is 0.107. The number of carbonyl (C=O) groups excluding carboxylic acids is 2. The summed E-state index contributed by atoms with van der Waals surface area (Å²) >= 11 is 0. The van der Waals surface area contributed by atoms with E-state index in [9.17, 15) is 14.7 Å². The van der Waals surface area contributed by atoms with Crippen LogP contribution in [0.15, 0.2) is 30.3 Å². The number of benzene rings is 1. The molecule has 0 aliphatic carbocycles. The molecule has 0 saturated heterocycles. The normalized spacial score (nSPS) is 10.0. The number of likely N-dealkylation sites (N-methyl/N-ethyl adjacent to an activating group) is 1. The van der Waals surface area contributed by atoms with Gasteiger partial charge in [0.1, 0.15) is 19.9 Å². The van der Waals surface area contributed by atoms with Crippen LogP contribution >= 0.6 is 0 Å². The molecule has 0 aliphatic heterocycles. The van der Waals surface area contributed by atoms with Gasteiger partial charge in [-0.15, -0.1) is 0 Å². The molecule has 0 bridgehead atoms. The van der Waals surface area contributed by atoms with E-state index in [2.05, 4.69) is 0 Å². The smallest absolute Gasteiger partial charge is 0.412 e. The summed E-state index contributed by atoms with van der Waals surface area (Å²) in [6.07, 6.45) is -0.707. The first-order valence-electron chi connectivity index (χ1n) is 6.96. The predicted molar refractivity (Wildman–Crippen MR) is 78.3 cm³/mol. The van der Waals surface area contributed by atoms with Gasteiger partial charge < -0.3 is 14.7 Å². The Morgan fingerprint density at radius 3 is 2.24 bits per heavy atom. The van der Waals surface area contributed by atoms with E-state index in [-0.39, 0.29) is 19.1 Å². The fourth-order valence-electron chi connectivity index (χ4n) is 1.82. The van der Waals surface area contributed by atoms with E-state index in [0.717, 1.165) is 10.5 Å². The van der Waals surface area contributed by atoms with Crippen LogP contribution < -0.4 is 0 Å². The first-order valence-corrected chi connectivity index (χ1v) is 6.96. The molecule has 0 saturated carbocycles. The lowest BCUT2D eigenvalue weighted by molar-refractivity contribution is -0.132. The van der Waals surface area contributed by atoms with Crippen molar-refractivity contribution in [3.05, 3.63) is 35.9 Å². The largest absolute Gasteiger partial charge is 0.444 e. The second kappa shape index (κ2) is 8.97. The molecule has 0 radical (unpaired) electrons. The molecule has 1 N–H and O–H groups in total. The zero-order chi connectivity index (χ0) is 15.7. The van der Waals surface area contributed by atoms with Gasteiger partial charge in [-0.2, -0.15) is 0 Å². The van der Waals surface area contributed by atoms with Gasteiger partial charge in [0.25, 0.3) is 0 Å². The Kier molecular flexibility index (Phi) is 7.25. The Morgan fingerprint density at radius 2 is 1.71 bits per heavy atom. The summed E-state index contributed by atoms with van der Waals surface area (Å²) in [6, 6.07) is 9.22. The van der Waals surface area contributed by atoms with Gasteiger partial charge in [0.05, 0.1) is 0 Å². The molecule has 0 aliphatic rings. The molecule has 6 nitrogen and oxygen atoms in total. The summed E-state index contributed by atoms with van der Waals surface area (Å²) in [6.45, 7) is 4.21. The van der Waals surface area contributed by atoms with Crippen LogP contribution in [0.3, 0.4) is 0 Å². The van der Waals surface area contributed by atoms with Crippen LogP contribution in [0, 0.1) is 0 Å². The van der Waals surface area contributed by atoms with Crippen LogP contribution in [-0.2, 0) is 16.1 Å². The lowest BCUT2D eigenvalue weighted by Crippen LogP contribution is -2.43. The molecule has 6 heteroatoms. The number of aliphatic hydroxyl groups excluding tert-OH is 1. The number of amides is 2. The van der Waals surface area contributed by atoms with Gasteiger partial charge >= 0.3 is 6.09 Å². The number of carbonyl (C=O) groups is 2. The maximum Gasteiger partial charge on any atom is 0.412 e. The molecule has 0 fully saturated rings. The van der Waals surface area contributed by atoms with Gasteiger partial charge in [0.15, 0.2) is 0 Å². The van der Waals surface area contributed by atoms with Gasteiger partial charge in [-0.3, -0.25) is 9.69 Å². The van der Waals surface area contributed by atoms with Crippen LogP contribution in [0.1, 0.15) is 19.4 Å². The molecule has 0 atom stereocenters. The summed E-state index contributed by atoms with van der Waals surface area (Å²) in [5.41, 5.74) is 0.846. The van der Waals surface area contributed by atoms with E-state index < -0.39 is 12.8 Å². The maximum absolute atomic E-state index is 11.9. The van der Waals surface area contributed by atoms with Crippen LogP contribution in [0.4, 0.5) is 4.79 Å². The summed E-state index contributed by atoms with van der Waals surface area (Å²) in [7, 11) is 0. The Morgan fingerprint density at radius 1 is 1.10 bits per heavy atom. The Balaban J connectivity index is 2.51. The van der Waals surface area contributed by atoms with E-state index >= 15 is 0 Å². The van der Waals surface area contributed by atoms with Gasteiger partial charge in [-0.05, 0) is 19.4 Å². The van der Waals surface area contributed by atoms with Crippen molar-refractivity contribution < 1.29 is 19.4 Å². The highest BCUT2D eigenvalue weighted by Gasteiger charge is 2.20. The fourth-order valence-corrected chi connectivity index (χ4v) is 1.82. The van der Waals surface area contributed by atoms with E-state index in [4.69, 9.17) is 4.74 Å². The number of nitrogens with zero attached hydrogens (tertiary/aromatic N) is 2. The van der Waals surface area contributed by atoms with Crippen molar-refractivity contribution >= 4 is 12.0 Å². The van der Waals surface area contributed by atoms with Gasteiger partial charge in [-0.25, -0.2) is 4.79 Å². The van der Waals surface area contributed by atoms with Crippen molar-refractivity contribution in [3.63, 3.8) is 0 Å². The number of aliphatic hydroxyl groups is 1. The molecule has 2 amide bonds. The topological polar surface area (TPSA) is 70.1 Å². The molecule has 0 aromatic heterocycles. The Labute approximate surface area is 124 Å². The third-order valence-electron chi connectivity index (χ3n) is 3.08. The van der Waals surface area contributed by atoms with E-state index in [1.54, 1.807) is 4.90 Å². The Bertz CT molecular complexity index is 446. The molecule has 116 valence electrons. The maximum atomic E-state index is 11.9. The number of hydrogen-bond acceptors (Lipinski definition) is 4. The average Bonchev–Trinajstić information content (AvgIpc) is 2.52. The second-order valence-electron chi connectivity index (χ2n) is 4.45. The average molecular weight is 294 g/mol. The van der Waals surface area contributed by atoms with Crippen molar-refractivity contribution in [2.45, 2.75) is 20.5 Å². The van der Waals surface area contributed by atoms with Crippen LogP contribution in [0.5, 0.6) is 0 Å². The van der Waals surface area contributed by atoms with Gasteiger partial charge in [0, 0.05) is 13.1 Å². The Hall–Kier alpha value is -2.08. The number of hydrogen-bond donors (Lipinski definition) is 1. The van der Waals surface area contributed by atoms with Crippen LogP contribution in [-0.4, -0.2) is 53.3 Å². The van der Waals surface area contributed by atoms with Crippen LogP contribution in [0.2, 0.25) is 0 Å². The summed E-state index contributed by atoms with van der Waals surface area (Å²) in [4.78, 5) is 26.3. The quantitative estimate of drug-likeness (QED) is 0.773. The van der Waals surface area contributed by atoms with E-state index in [0.29, 0.717) is 13.1 Å². The predicted octanol–water partition coefficient (Wildman–Crippen LogP) is 1.44. The van der Waals surface area contributed by atoms with Gasteiger partial charge in [-0.1, -0.05) is 30.3 Å². The van der Waals surface area contributed by atoms with E-state index in [1.165, 1.54) is 0 Å². The highest BCUT2D eigenvalue weighted by molar-refractivity contribution is 5.82. The first kappa shape index (κ1) is 17.0. The molecule has 0 unspecified atom stereocenters. The zero-order valence-electron chi connectivity index (χ0n) is 12.5. The highest BCUT2D eigenvalue weighted by Crippen LogP contribution is 2.03. The summed E-state index contributed by atoms with van der Waals surface area (Å²) < 4.78 is 5.09. The van der Waals surface area contributed by atoms with Crippen molar-refractivity contribution in [3.8, 4) is 0 Å². The standard InChI is InChI=1S/C15H22N2O4/c1-3-16(4-2)14(19)10-17(12-18)15(20)21-11-13-8-6-5-7-9-13/h5-9,18H,3-4,10-12H2,1-2H3. The first-order chi connectivity index (χ1) is 10.1. The SMILES string of the molecule is CCN(CC)C(=O)CN(CO)C(=O)OCc1ccccc1. The highest BCUT2D eigenvalue weighted by atomic mass is 16.6.